The lowest BCUT2D eigenvalue weighted by atomic mass is 9.64. The van der Waals surface area contributed by atoms with Gasteiger partial charge in [-0.15, -0.1) is 0 Å². The normalized spacial score (nSPS) is 22.7. The lowest BCUT2D eigenvalue weighted by molar-refractivity contribution is -0.167. The summed E-state index contributed by atoms with van der Waals surface area (Å²) >= 11 is 0. The lowest BCUT2D eigenvalue weighted by Crippen LogP contribution is -2.56. The predicted molar refractivity (Wildman–Crippen MR) is 166 cm³/mol. The molecule has 46 heavy (non-hydrogen) atoms. The van der Waals surface area contributed by atoms with Crippen LogP contribution in [0.4, 0.5) is 8.78 Å². The number of nitrogen functional groups attached to an aromatic ring is 1. The molecule has 13 heteroatoms. The van der Waals surface area contributed by atoms with Crippen molar-refractivity contribution >= 4 is 18.0 Å². The number of benzene rings is 2. The first-order valence-electron chi connectivity index (χ1n) is 14.6. The molecular formula is C33H35F2N5O6. The number of amidine groups is 1. The predicted octanol–water partition coefficient (Wildman–Crippen LogP) is 6.01. The summed E-state index contributed by atoms with van der Waals surface area (Å²) in [5, 5.41) is 17.8. The van der Waals surface area contributed by atoms with Gasteiger partial charge >= 0.3 is 5.97 Å². The fourth-order valence-corrected chi connectivity index (χ4v) is 5.86. The zero-order valence-electron chi connectivity index (χ0n) is 25.7. The third kappa shape index (κ3) is 5.85. The van der Waals surface area contributed by atoms with Crippen LogP contribution in [0.15, 0.2) is 60.2 Å². The number of phenols is 1. The van der Waals surface area contributed by atoms with Crippen LogP contribution in [0, 0.1) is 22.5 Å². The van der Waals surface area contributed by atoms with Gasteiger partial charge in [-0.05, 0) is 75.7 Å². The summed E-state index contributed by atoms with van der Waals surface area (Å²) < 4.78 is 53.9. The number of carbonyl (C=O) groups excluding carboxylic acids is 1. The van der Waals surface area contributed by atoms with Crippen molar-refractivity contribution in [2.45, 2.75) is 44.4 Å². The molecule has 5 rings (SSSR count). The number of rotatable bonds is 10. The van der Waals surface area contributed by atoms with Crippen LogP contribution in [-0.2, 0) is 9.53 Å². The number of ether oxygens (including phenoxy) is 4. The number of aromatic hydroxyl groups is 1. The minimum absolute atomic E-state index is 0.0756. The second-order valence-electron chi connectivity index (χ2n) is 11.4. The molecule has 1 saturated carbocycles. The number of pyridine rings is 1. The van der Waals surface area contributed by atoms with Crippen molar-refractivity contribution in [2.24, 2.45) is 16.1 Å². The first kappa shape index (κ1) is 32.4. The third-order valence-corrected chi connectivity index (χ3v) is 8.56. The fourth-order valence-electron chi connectivity index (χ4n) is 5.86. The number of halogens is 2. The van der Waals surface area contributed by atoms with E-state index in [1.54, 1.807) is 31.3 Å². The summed E-state index contributed by atoms with van der Waals surface area (Å²) in [4.78, 5) is 23.1. The summed E-state index contributed by atoms with van der Waals surface area (Å²) in [6.45, 7) is 6.33. The maximum absolute atomic E-state index is 15.7. The number of methoxy groups -OCH3 is 1. The van der Waals surface area contributed by atoms with Crippen LogP contribution >= 0.6 is 0 Å². The third-order valence-electron chi connectivity index (χ3n) is 8.56. The molecule has 11 nitrogen and oxygen atoms in total. The number of phenolic OH excluding ortho intramolecular Hbond substituents is 1. The number of aromatic nitrogens is 1. The highest BCUT2D eigenvalue weighted by Crippen LogP contribution is 2.49. The molecule has 2 aromatic carbocycles. The van der Waals surface area contributed by atoms with Crippen molar-refractivity contribution in [3.63, 3.8) is 0 Å². The number of hydrogen-bond donors (Lipinski definition) is 3. The van der Waals surface area contributed by atoms with Crippen molar-refractivity contribution in [2.75, 3.05) is 20.7 Å². The van der Waals surface area contributed by atoms with Gasteiger partial charge in [-0.1, -0.05) is 13.0 Å². The first-order valence-corrected chi connectivity index (χ1v) is 14.6. The van der Waals surface area contributed by atoms with Gasteiger partial charge in [-0.3, -0.25) is 20.1 Å². The summed E-state index contributed by atoms with van der Waals surface area (Å²) in [5.41, 5.74) is 4.07. The molecule has 2 heterocycles. The summed E-state index contributed by atoms with van der Waals surface area (Å²) in [5.74, 6) is -4.77. The maximum atomic E-state index is 15.7. The molecule has 4 N–H and O–H groups in total. The first-order chi connectivity index (χ1) is 21.9. The molecule has 242 valence electrons. The van der Waals surface area contributed by atoms with Gasteiger partial charge in [0.25, 0.3) is 5.88 Å². The minimum atomic E-state index is -1.27. The van der Waals surface area contributed by atoms with Gasteiger partial charge in [0.2, 0.25) is 11.6 Å². The Morgan fingerprint density at radius 3 is 2.61 bits per heavy atom. The lowest BCUT2D eigenvalue weighted by Gasteiger charge is -2.47. The van der Waals surface area contributed by atoms with Gasteiger partial charge in [0.1, 0.15) is 34.5 Å². The van der Waals surface area contributed by atoms with Crippen LogP contribution in [0.5, 0.6) is 34.6 Å². The fraction of sp³-hybridized carbons (Fsp3) is 0.333. The molecule has 0 amide bonds. The van der Waals surface area contributed by atoms with Crippen LogP contribution in [-0.4, -0.2) is 59.3 Å². The number of nitrogens with one attached hydrogen (secondary N) is 1. The number of esters is 1. The Bertz CT molecular complexity index is 1720. The van der Waals surface area contributed by atoms with E-state index in [0.29, 0.717) is 30.7 Å². The van der Waals surface area contributed by atoms with Gasteiger partial charge in [-0.2, -0.15) is 4.39 Å². The topological polar surface area (TPSA) is 153 Å². The van der Waals surface area contributed by atoms with Crippen molar-refractivity contribution in [3.8, 4) is 34.6 Å². The molecule has 3 aromatic rings. The Morgan fingerprint density at radius 1 is 1.17 bits per heavy atom. The molecule has 0 bridgehead atoms. The molecule has 0 saturated heterocycles. The van der Waals surface area contributed by atoms with Gasteiger partial charge in [0.15, 0.2) is 17.3 Å². The number of carbonyl (C=O) groups is 1. The second kappa shape index (κ2) is 12.8. The van der Waals surface area contributed by atoms with Gasteiger partial charge in [0, 0.05) is 23.9 Å². The Kier molecular flexibility index (Phi) is 8.97. The number of nitrogens with zero attached hydrogens (tertiary/aromatic N) is 3. The molecule has 0 spiro atoms. The second-order valence-corrected chi connectivity index (χ2v) is 11.4. The number of hydrogen-bond acceptors (Lipinski definition) is 10. The molecular weight excluding hydrogens is 600 g/mol. The summed E-state index contributed by atoms with van der Waals surface area (Å²) in [6.07, 6.45) is 6.19. The van der Waals surface area contributed by atoms with E-state index in [2.05, 4.69) is 16.6 Å². The van der Waals surface area contributed by atoms with Crippen LogP contribution in [0.1, 0.15) is 49.9 Å². The van der Waals surface area contributed by atoms with Crippen molar-refractivity contribution in [3.05, 3.63) is 78.0 Å². The monoisotopic (exact) mass is 635 g/mol. The van der Waals surface area contributed by atoms with Crippen molar-refractivity contribution < 1.29 is 37.6 Å². The van der Waals surface area contributed by atoms with Crippen molar-refractivity contribution in [1.82, 2.24) is 9.88 Å². The minimum Gasteiger partial charge on any atom is -0.504 e. The standard InChI is InChI=1S/C33H35F2N5O6/c1-5-33(13-7-6-12-32(33,2)31(42)43-4)46-20-9-11-24(21(17-20)29-38-14-15-40(29)3)44-27-22(34)18-39-30(26(27)35)45-25-16-19(28(36)37)8-10-23(25)41/h5,8-11,14,16-18,29,41H,1,6-7,12-13,15H2,2-4H3,(H3,36,37). The Balaban J connectivity index is 1.52. The summed E-state index contributed by atoms with van der Waals surface area (Å²) in [6, 6.07) is 8.57. The van der Waals surface area contributed by atoms with Gasteiger partial charge in [-0.25, -0.2) is 9.37 Å². The average Bonchev–Trinajstić information content (AvgIpc) is 3.48. The van der Waals surface area contributed by atoms with E-state index in [9.17, 15) is 9.90 Å². The highest BCUT2D eigenvalue weighted by atomic mass is 19.1. The number of aliphatic imine (C=N–C) groups is 1. The van der Waals surface area contributed by atoms with Crippen molar-refractivity contribution in [1.29, 1.82) is 5.41 Å². The van der Waals surface area contributed by atoms with Crippen LogP contribution < -0.4 is 19.9 Å². The zero-order chi connectivity index (χ0) is 33.2. The van der Waals surface area contributed by atoms with E-state index in [-0.39, 0.29) is 28.6 Å². The van der Waals surface area contributed by atoms with E-state index < -0.39 is 46.4 Å². The smallest absolute Gasteiger partial charge is 0.315 e. The molecule has 3 unspecified atom stereocenters. The quantitative estimate of drug-likeness (QED) is 0.105. The molecule has 1 aliphatic carbocycles. The molecule has 1 aliphatic heterocycles. The Labute approximate surface area is 264 Å². The summed E-state index contributed by atoms with van der Waals surface area (Å²) in [7, 11) is 3.17. The van der Waals surface area contributed by atoms with E-state index in [1.807, 2.05) is 11.9 Å². The highest BCUT2D eigenvalue weighted by molar-refractivity contribution is 5.95. The molecule has 3 atom stereocenters. The molecule has 1 fully saturated rings. The van der Waals surface area contributed by atoms with Gasteiger partial charge in [0.05, 0.1) is 13.3 Å². The highest BCUT2D eigenvalue weighted by Gasteiger charge is 2.56. The zero-order valence-corrected chi connectivity index (χ0v) is 25.7. The Morgan fingerprint density at radius 2 is 1.93 bits per heavy atom. The van der Waals surface area contributed by atoms with E-state index in [1.165, 1.54) is 31.4 Å². The largest absolute Gasteiger partial charge is 0.504 e. The molecule has 2 aliphatic rings. The average molecular weight is 636 g/mol. The van der Waals surface area contributed by atoms with Crippen LogP contribution in [0.3, 0.4) is 0 Å². The van der Waals surface area contributed by atoms with E-state index >= 15 is 8.78 Å². The number of nitrogens with two attached hydrogens (primary N) is 1. The SMILES string of the molecule is C=CC1(Oc2ccc(Oc3c(F)cnc(Oc4cc(C(=N)N)ccc4O)c3F)c(C3N=CCN3C)c2)CCCCC1(C)C(=O)OC. The van der Waals surface area contributed by atoms with Crippen LogP contribution in [0.2, 0.25) is 0 Å². The van der Waals surface area contributed by atoms with Gasteiger partial charge < -0.3 is 29.8 Å². The maximum Gasteiger partial charge on any atom is 0.315 e. The molecule has 0 radical (unpaired) electrons. The van der Waals surface area contributed by atoms with E-state index in [4.69, 9.17) is 30.1 Å². The molecule has 1 aromatic heterocycles. The van der Waals surface area contributed by atoms with E-state index in [0.717, 1.165) is 19.0 Å². The Hall–Kier alpha value is -5.04. The van der Waals surface area contributed by atoms with Crippen LogP contribution in [0.25, 0.3) is 0 Å².